The van der Waals surface area contributed by atoms with Gasteiger partial charge in [-0.25, -0.2) is 8.42 Å². The summed E-state index contributed by atoms with van der Waals surface area (Å²) in [6, 6.07) is 14.6. The Morgan fingerprint density at radius 3 is 2.25 bits per heavy atom. The Labute approximate surface area is 172 Å². The van der Waals surface area contributed by atoms with Gasteiger partial charge in [-0.15, -0.1) is 11.8 Å². The predicted octanol–water partition coefficient (Wildman–Crippen LogP) is 3.62. The first kappa shape index (κ1) is 22.3. The zero-order valence-electron chi connectivity index (χ0n) is 16.8. The number of amides is 1. The van der Waals surface area contributed by atoms with Crippen molar-refractivity contribution in [3.8, 4) is 0 Å². The van der Waals surface area contributed by atoms with Crippen LogP contribution in [0.15, 0.2) is 53.4 Å². The Morgan fingerprint density at radius 2 is 1.71 bits per heavy atom. The number of nitrogens with zero attached hydrogens (tertiary/aromatic N) is 1. The summed E-state index contributed by atoms with van der Waals surface area (Å²) in [5.74, 6) is 0.403. The highest BCUT2D eigenvalue weighted by molar-refractivity contribution is 7.99. The molecule has 0 aromatic heterocycles. The minimum atomic E-state index is -3.59. The van der Waals surface area contributed by atoms with E-state index in [4.69, 9.17) is 0 Å². The van der Waals surface area contributed by atoms with E-state index in [-0.39, 0.29) is 5.91 Å². The van der Waals surface area contributed by atoms with Crippen molar-refractivity contribution in [3.05, 3.63) is 59.7 Å². The molecule has 7 heteroatoms. The summed E-state index contributed by atoms with van der Waals surface area (Å²) in [6.07, 6.45) is 1.99. The van der Waals surface area contributed by atoms with Crippen LogP contribution in [0, 0.1) is 6.92 Å². The van der Waals surface area contributed by atoms with Crippen LogP contribution >= 0.6 is 11.8 Å². The molecule has 0 aliphatic carbocycles. The second-order valence-corrected chi connectivity index (χ2v) is 9.74. The highest BCUT2D eigenvalue weighted by Crippen LogP contribution is 2.22. The van der Waals surface area contributed by atoms with Crippen molar-refractivity contribution in [2.24, 2.45) is 0 Å². The first-order valence-corrected chi connectivity index (χ1v) is 12.1. The van der Waals surface area contributed by atoms with E-state index in [2.05, 4.69) is 29.6 Å². The van der Waals surface area contributed by atoms with Crippen LogP contribution < -0.4 is 9.62 Å². The Kier molecular flexibility index (Phi) is 7.95. The quantitative estimate of drug-likeness (QED) is 0.497. The third-order valence-corrected chi connectivity index (χ3v) is 6.63. The number of carbonyl (C=O) groups is 1. The van der Waals surface area contributed by atoms with E-state index in [9.17, 15) is 13.2 Å². The summed E-state index contributed by atoms with van der Waals surface area (Å²) in [5, 5.41) is 2.84. The van der Waals surface area contributed by atoms with Gasteiger partial charge in [-0.1, -0.05) is 36.8 Å². The van der Waals surface area contributed by atoms with Gasteiger partial charge in [0.25, 0.3) is 0 Å². The summed E-state index contributed by atoms with van der Waals surface area (Å²) < 4.78 is 25.8. The van der Waals surface area contributed by atoms with Gasteiger partial charge in [-0.3, -0.25) is 9.10 Å². The number of benzene rings is 2. The third-order valence-electron chi connectivity index (χ3n) is 4.38. The second kappa shape index (κ2) is 9.98. The number of sulfonamides is 1. The molecule has 28 heavy (non-hydrogen) atoms. The molecule has 0 saturated carbocycles. The molecule has 2 aromatic rings. The van der Waals surface area contributed by atoms with E-state index in [1.807, 2.05) is 26.0 Å². The molecule has 0 saturated heterocycles. The Morgan fingerprint density at radius 1 is 1.11 bits per heavy atom. The Hall–Kier alpha value is -1.99. The molecular formula is C21H28N2O3S2. The van der Waals surface area contributed by atoms with Crippen molar-refractivity contribution < 1.29 is 13.2 Å². The molecule has 1 unspecified atom stereocenters. The molecule has 0 heterocycles. The van der Waals surface area contributed by atoms with Gasteiger partial charge in [0.2, 0.25) is 15.9 Å². The minimum Gasteiger partial charge on any atom is -0.353 e. The first-order valence-electron chi connectivity index (χ1n) is 9.28. The van der Waals surface area contributed by atoms with Gasteiger partial charge in [0.1, 0.15) is 6.04 Å². The maximum atomic E-state index is 12.6. The Bertz CT molecular complexity index is 879. The fourth-order valence-electron chi connectivity index (χ4n) is 2.81. The number of thioether (sulfide) groups is 1. The summed E-state index contributed by atoms with van der Waals surface area (Å²) >= 11 is 1.65. The molecule has 1 amide bonds. The Balaban J connectivity index is 1.97. The third kappa shape index (κ3) is 6.27. The maximum Gasteiger partial charge on any atom is 0.243 e. The lowest BCUT2D eigenvalue weighted by atomic mass is 10.1. The smallest absolute Gasteiger partial charge is 0.243 e. The van der Waals surface area contributed by atoms with E-state index in [0.29, 0.717) is 18.0 Å². The summed E-state index contributed by atoms with van der Waals surface area (Å²) in [7, 11) is -3.59. The first-order chi connectivity index (χ1) is 13.2. The second-order valence-electron chi connectivity index (χ2n) is 6.71. The van der Waals surface area contributed by atoms with Crippen LogP contribution in [0.3, 0.4) is 0 Å². The van der Waals surface area contributed by atoms with Crippen LogP contribution in [0.4, 0.5) is 5.69 Å². The molecule has 2 rings (SSSR count). The van der Waals surface area contributed by atoms with Crippen molar-refractivity contribution in [2.45, 2.75) is 38.1 Å². The van der Waals surface area contributed by atoms with Crippen LogP contribution in [-0.2, 0) is 21.2 Å². The lowest BCUT2D eigenvalue weighted by Gasteiger charge is -2.28. The predicted molar refractivity (Wildman–Crippen MR) is 118 cm³/mol. The van der Waals surface area contributed by atoms with Gasteiger partial charge < -0.3 is 5.32 Å². The number of carbonyl (C=O) groups excluding carboxylic acids is 1. The van der Waals surface area contributed by atoms with Gasteiger partial charge in [0, 0.05) is 17.2 Å². The summed E-state index contributed by atoms with van der Waals surface area (Å²) in [5.41, 5.74) is 2.82. The van der Waals surface area contributed by atoms with Gasteiger partial charge >= 0.3 is 0 Å². The van der Waals surface area contributed by atoms with Crippen LogP contribution in [0.1, 0.15) is 25.0 Å². The lowest BCUT2D eigenvalue weighted by molar-refractivity contribution is -0.121. The zero-order valence-corrected chi connectivity index (χ0v) is 18.4. The van der Waals surface area contributed by atoms with E-state index in [1.54, 1.807) is 30.8 Å². The largest absolute Gasteiger partial charge is 0.353 e. The van der Waals surface area contributed by atoms with Gasteiger partial charge in [-0.05, 0) is 50.1 Å². The van der Waals surface area contributed by atoms with Gasteiger partial charge in [0.15, 0.2) is 0 Å². The molecule has 1 atom stereocenters. The number of nitrogens with one attached hydrogen (secondary N) is 1. The van der Waals surface area contributed by atoms with Crippen LogP contribution in [0.25, 0.3) is 0 Å². The average Bonchev–Trinajstić information content (AvgIpc) is 2.66. The van der Waals surface area contributed by atoms with Gasteiger partial charge in [0.05, 0.1) is 11.9 Å². The van der Waals surface area contributed by atoms with Crippen LogP contribution in [0.2, 0.25) is 0 Å². The standard InChI is InChI=1S/C21H28N2O3S2/c1-5-18-8-10-19(11-9-18)23(28(4,25)26)17(3)21(24)22-14-15-27-20-12-6-16(2)7-13-20/h6-13,17H,5,14-15H2,1-4H3,(H,22,24). The fraction of sp³-hybridized carbons (Fsp3) is 0.381. The molecule has 0 aliphatic heterocycles. The minimum absolute atomic E-state index is 0.311. The van der Waals surface area contributed by atoms with Crippen molar-refractivity contribution in [1.29, 1.82) is 0 Å². The molecule has 0 spiro atoms. The SMILES string of the molecule is CCc1ccc(N(C(C)C(=O)NCCSc2ccc(C)cc2)S(C)(=O)=O)cc1. The number of aryl methyl sites for hydroxylation is 2. The molecular weight excluding hydrogens is 392 g/mol. The number of hydrogen-bond acceptors (Lipinski definition) is 4. The average molecular weight is 421 g/mol. The molecule has 0 bridgehead atoms. The topological polar surface area (TPSA) is 66.5 Å². The molecule has 152 valence electrons. The van der Waals surface area contributed by atoms with E-state index < -0.39 is 16.1 Å². The van der Waals surface area contributed by atoms with E-state index >= 15 is 0 Å². The molecule has 5 nitrogen and oxygen atoms in total. The van der Waals surface area contributed by atoms with Gasteiger partial charge in [-0.2, -0.15) is 0 Å². The van der Waals surface area contributed by atoms with E-state index in [1.165, 1.54) is 9.87 Å². The molecule has 2 aromatic carbocycles. The zero-order chi connectivity index (χ0) is 20.7. The molecule has 0 radical (unpaired) electrons. The van der Waals surface area contributed by atoms with Crippen LogP contribution in [-0.4, -0.2) is 38.9 Å². The highest BCUT2D eigenvalue weighted by Gasteiger charge is 2.28. The molecule has 1 N–H and O–H groups in total. The summed E-state index contributed by atoms with van der Waals surface area (Å²) in [6.45, 7) is 6.15. The molecule has 0 aliphatic rings. The number of rotatable bonds is 9. The van der Waals surface area contributed by atoms with Crippen LogP contribution in [0.5, 0.6) is 0 Å². The van der Waals surface area contributed by atoms with Crippen molar-refractivity contribution in [2.75, 3.05) is 22.9 Å². The number of anilines is 1. The normalized spacial score (nSPS) is 12.4. The number of hydrogen-bond donors (Lipinski definition) is 1. The fourth-order valence-corrected chi connectivity index (χ4v) is 4.76. The maximum absolute atomic E-state index is 12.6. The molecule has 0 fully saturated rings. The highest BCUT2D eigenvalue weighted by atomic mass is 32.2. The summed E-state index contributed by atoms with van der Waals surface area (Å²) in [4.78, 5) is 13.7. The monoisotopic (exact) mass is 420 g/mol. The van der Waals surface area contributed by atoms with E-state index in [0.717, 1.165) is 23.1 Å². The van der Waals surface area contributed by atoms with Crippen molar-refractivity contribution in [1.82, 2.24) is 5.32 Å². The lowest BCUT2D eigenvalue weighted by Crippen LogP contribution is -2.48. The van der Waals surface area contributed by atoms with Crippen molar-refractivity contribution >= 4 is 33.4 Å². The van der Waals surface area contributed by atoms with Crippen molar-refractivity contribution in [3.63, 3.8) is 0 Å².